The lowest BCUT2D eigenvalue weighted by Gasteiger charge is -2.12. The van der Waals surface area contributed by atoms with E-state index in [-0.39, 0.29) is 0 Å². The van der Waals surface area contributed by atoms with Crippen molar-refractivity contribution in [3.8, 4) is 17.6 Å². The van der Waals surface area contributed by atoms with Gasteiger partial charge in [-0.3, -0.25) is 0 Å². The fraction of sp³-hybridized carbons (Fsp3) is 0.250. The summed E-state index contributed by atoms with van der Waals surface area (Å²) < 4.78 is 11.4. The van der Waals surface area contributed by atoms with Crippen LogP contribution in [0.1, 0.15) is 40.0 Å². The summed E-state index contributed by atoms with van der Waals surface area (Å²) in [6.07, 6.45) is 6.10. The summed E-state index contributed by atoms with van der Waals surface area (Å²) >= 11 is 13.8. The number of aryl methyl sites for hydroxylation is 1. The topological polar surface area (TPSA) is 54.6 Å². The predicted octanol–water partition coefficient (Wildman–Crippen LogP) is 7.14. The van der Waals surface area contributed by atoms with Gasteiger partial charge in [0.15, 0.2) is 11.5 Å². The minimum Gasteiger partial charge on any atom is -0.493 e. The van der Waals surface area contributed by atoms with Crippen LogP contribution in [0.5, 0.6) is 11.5 Å². The van der Waals surface area contributed by atoms with Gasteiger partial charge in [0.2, 0.25) is 0 Å². The Kier molecular flexibility index (Phi) is 6.82. The summed E-state index contributed by atoms with van der Waals surface area (Å²) in [6.45, 7) is 0.298. The van der Waals surface area contributed by atoms with Crippen molar-refractivity contribution in [2.75, 3.05) is 7.11 Å². The third-order valence-corrected chi connectivity index (χ3v) is 6.97. The first-order valence-electron chi connectivity index (χ1n) is 9.92. The quantitative estimate of drug-likeness (QED) is 0.359. The Labute approximate surface area is 195 Å². The minimum atomic E-state index is 0.298. The molecule has 4 rings (SSSR count). The number of nitrogens with zero attached hydrogens (tertiary/aromatic N) is 2. The molecule has 0 aliphatic heterocycles. The van der Waals surface area contributed by atoms with E-state index >= 15 is 0 Å². The van der Waals surface area contributed by atoms with Crippen molar-refractivity contribution in [1.82, 2.24) is 0 Å². The summed E-state index contributed by atoms with van der Waals surface area (Å²) in [6, 6.07) is 13.3. The molecule has 1 aromatic heterocycles. The Morgan fingerprint density at radius 1 is 1.13 bits per heavy atom. The molecular formula is C24H20Cl2N2O2S. The van der Waals surface area contributed by atoms with E-state index in [1.807, 2.05) is 24.3 Å². The van der Waals surface area contributed by atoms with Crippen molar-refractivity contribution in [3.05, 3.63) is 73.6 Å². The van der Waals surface area contributed by atoms with Gasteiger partial charge in [-0.15, -0.1) is 11.3 Å². The van der Waals surface area contributed by atoms with Gasteiger partial charge in [0, 0.05) is 26.7 Å². The number of ether oxygens (including phenoxy) is 2. The van der Waals surface area contributed by atoms with Crippen molar-refractivity contribution < 1.29 is 9.47 Å². The molecule has 0 N–H and O–H groups in total. The fourth-order valence-electron chi connectivity index (χ4n) is 3.57. The van der Waals surface area contributed by atoms with E-state index < -0.39 is 0 Å². The van der Waals surface area contributed by atoms with E-state index in [9.17, 15) is 5.26 Å². The van der Waals surface area contributed by atoms with Gasteiger partial charge in [-0.05, 0) is 67.1 Å². The van der Waals surface area contributed by atoms with Crippen molar-refractivity contribution in [2.24, 2.45) is 4.99 Å². The summed E-state index contributed by atoms with van der Waals surface area (Å²) in [4.78, 5) is 5.92. The average molecular weight is 471 g/mol. The van der Waals surface area contributed by atoms with E-state index in [1.54, 1.807) is 36.8 Å². The third-order valence-electron chi connectivity index (χ3n) is 5.18. The summed E-state index contributed by atoms with van der Waals surface area (Å²) in [5.41, 5.74) is 3.62. The van der Waals surface area contributed by atoms with Gasteiger partial charge in [0.05, 0.1) is 12.7 Å². The first-order chi connectivity index (χ1) is 15.1. The lowest BCUT2D eigenvalue weighted by atomic mass is 9.96. The standard InChI is InChI=1S/C24H20Cl2N2O2S/c1-29-22-10-15(6-9-21(22)30-14-16-7-8-17(25)11-20(16)26)13-28-24-19(12-27)18-4-2-3-5-23(18)31-24/h6-11,13H,2-5,14H2,1H3/b28-13+. The molecule has 2 aromatic carbocycles. The smallest absolute Gasteiger partial charge is 0.161 e. The van der Waals surface area contributed by atoms with Crippen LogP contribution in [0.2, 0.25) is 10.0 Å². The predicted molar refractivity (Wildman–Crippen MR) is 127 cm³/mol. The summed E-state index contributed by atoms with van der Waals surface area (Å²) in [7, 11) is 1.60. The Morgan fingerprint density at radius 3 is 2.74 bits per heavy atom. The lowest BCUT2D eigenvalue weighted by Crippen LogP contribution is -1.99. The van der Waals surface area contributed by atoms with Crippen molar-refractivity contribution in [3.63, 3.8) is 0 Å². The first-order valence-corrected chi connectivity index (χ1v) is 11.5. The number of nitriles is 1. The highest BCUT2D eigenvalue weighted by molar-refractivity contribution is 7.16. The number of thiophene rings is 1. The molecule has 0 bridgehead atoms. The second kappa shape index (κ2) is 9.74. The number of fused-ring (bicyclic) bond motifs is 1. The van der Waals surface area contributed by atoms with Gasteiger partial charge in [0.1, 0.15) is 17.7 Å². The van der Waals surface area contributed by atoms with Crippen LogP contribution in [0.15, 0.2) is 41.4 Å². The number of hydrogen-bond acceptors (Lipinski definition) is 5. The average Bonchev–Trinajstić information content (AvgIpc) is 3.15. The molecular weight excluding hydrogens is 451 g/mol. The normalized spacial score (nSPS) is 13.1. The molecule has 0 unspecified atom stereocenters. The Balaban J connectivity index is 1.52. The lowest BCUT2D eigenvalue weighted by molar-refractivity contribution is 0.284. The van der Waals surface area contributed by atoms with Crippen LogP contribution in [0.25, 0.3) is 0 Å². The highest BCUT2D eigenvalue weighted by atomic mass is 35.5. The fourth-order valence-corrected chi connectivity index (χ4v) is 5.22. The van der Waals surface area contributed by atoms with Gasteiger partial charge in [-0.1, -0.05) is 29.3 Å². The van der Waals surface area contributed by atoms with Gasteiger partial charge in [-0.25, -0.2) is 4.99 Å². The van der Waals surface area contributed by atoms with Crippen molar-refractivity contribution in [1.29, 1.82) is 5.26 Å². The Morgan fingerprint density at radius 2 is 1.97 bits per heavy atom. The minimum absolute atomic E-state index is 0.298. The molecule has 158 valence electrons. The van der Waals surface area contributed by atoms with Gasteiger partial charge >= 0.3 is 0 Å². The van der Waals surface area contributed by atoms with Gasteiger partial charge < -0.3 is 9.47 Å². The van der Waals surface area contributed by atoms with Crippen molar-refractivity contribution >= 4 is 45.8 Å². The Bertz CT molecular complexity index is 1180. The highest BCUT2D eigenvalue weighted by Crippen LogP contribution is 2.39. The second-order valence-electron chi connectivity index (χ2n) is 7.20. The van der Waals surface area contributed by atoms with Crippen LogP contribution < -0.4 is 9.47 Å². The largest absolute Gasteiger partial charge is 0.493 e. The molecule has 0 amide bonds. The molecule has 0 fully saturated rings. The van der Waals surface area contributed by atoms with E-state index in [0.29, 0.717) is 28.2 Å². The van der Waals surface area contributed by atoms with Gasteiger partial charge in [-0.2, -0.15) is 5.26 Å². The molecule has 7 heteroatoms. The molecule has 0 saturated carbocycles. The van der Waals surface area contributed by atoms with Crippen molar-refractivity contribution in [2.45, 2.75) is 32.3 Å². The monoisotopic (exact) mass is 470 g/mol. The third kappa shape index (κ3) is 4.88. The maximum absolute atomic E-state index is 9.60. The maximum Gasteiger partial charge on any atom is 0.161 e. The molecule has 0 spiro atoms. The number of aliphatic imine (C=N–C) groups is 1. The van der Waals surface area contributed by atoms with E-state index in [2.05, 4.69) is 11.1 Å². The van der Waals surface area contributed by atoms with Crippen LogP contribution in [-0.4, -0.2) is 13.3 Å². The van der Waals surface area contributed by atoms with Crippen LogP contribution in [0, 0.1) is 11.3 Å². The van der Waals surface area contributed by atoms with Crippen LogP contribution in [0.4, 0.5) is 5.00 Å². The number of halogens is 2. The Hall–Kier alpha value is -2.52. The molecule has 0 radical (unpaired) electrons. The number of rotatable bonds is 6. The SMILES string of the molecule is COc1cc(/C=N/c2sc3c(c2C#N)CCCC3)ccc1OCc1ccc(Cl)cc1Cl. The number of benzene rings is 2. The molecule has 0 saturated heterocycles. The maximum atomic E-state index is 9.60. The highest BCUT2D eigenvalue weighted by Gasteiger charge is 2.20. The molecule has 31 heavy (non-hydrogen) atoms. The second-order valence-corrected chi connectivity index (χ2v) is 9.12. The van der Waals surface area contributed by atoms with Crippen LogP contribution in [-0.2, 0) is 19.4 Å². The van der Waals surface area contributed by atoms with E-state index in [0.717, 1.165) is 41.0 Å². The molecule has 3 aromatic rings. The number of hydrogen-bond donors (Lipinski definition) is 0. The summed E-state index contributed by atoms with van der Waals surface area (Å²) in [5.74, 6) is 1.20. The molecule has 1 aliphatic carbocycles. The van der Waals surface area contributed by atoms with Gasteiger partial charge in [0.25, 0.3) is 0 Å². The summed E-state index contributed by atoms with van der Waals surface area (Å²) in [5, 5.41) is 11.5. The van der Waals surface area contributed by atoms with E-state index in [4.69, 9.17) is 32.7 Å². The first kappa shape index (κ1) is 21.7. The zero-order valence-electron chi connectivity index (χ0n) is 17.0. The number of methoxy groups -OCH3 is 1. The molecule has 4 nitrogen and oxygen atoms in total. The zero-order valence-corrected chi connectivity index (χ0v) is 19.3. The van der Waals surface area contributed by atoms with E-state index in [1.165, 1.54) is 16.9 Å². The molecule has 1 aliphatic rings. The molecule has 1 heterocycles. The zero-order chi connectivity index (χ0) is 21.8. The van der Waals surface area contributed by atoms with Crippen LogP contribution in [0.3, 0.4) is 0 Å². The molecule has 0 atom stereocenters. The van der Waals surface area contributed by atoms with Crippen LogP contribution >= 0.6 is 34.5 Å².